The maximum absolute atomic E-state index is 12.4. The lowest BCUT2D eigenvalue weighted by Gasteiger charge is -2.19. The largest absolute Gasteiger partial charge is 0.345 e. The van der Waals surface area contributed by atoms with Crippen molar-refractivity contribution in [3.05, 3.63) is 24.5 Å². The molecule has 0 radical (unpaired) electrons. The average Bonchev–Trinajstić information content (AvgIpc) is 3.11. The number of H-pyrrole nitrogens is 1. The minimum Gasteiger partial charge on any atom is -0.345 e. The van der Waals surface area contributed by atoms with Gasteiger partial charge in [0, 0.05) is 11.7 Å². The predicted molar refractivity (Wildman–Crippen MR) is 107 cm³/mol. The molecule has 1 aromatic carbocycles. The molecule has 1 aliphatic rings. The second-order valence-electron chi connectivity index (χ2n) is 7.52. The van der Waals surface area contributed by atoms with E-state index in [9.17, 15) is 9.59 Å². The van der Waals surface area contributed by atoms with Crippen molar-refractivity contribution < 1.29 is 9.59 Å². The molecular formula is C21H30N4O2. The van der Waals surface area contributed by atoms with Crippen molar-refractivity contribution in [2.75, 3.05) is 5.32 Å². The zero-order valence-corrected chi connectivity index (χ0v) is 15.9. The fourth-order valence-electron chi connectivity index (χ4n) is 3.76. The molecule has 27 heavy (non-hydrogen) atoms. The first-order valence-electron chi connectivity index (χ1n) is 10.3. The number of carbonyl (C=O) groups excluding carboxylic acids is 2. The SMILES string of the molecule is O=C(Nc1ccc2nc[nH]c2c1)C(=O)NC1CCCCCCCCCCC1. The summed E-state index contributed by atoms with van der Waals surface area (Å²) in [5, 5.41) is 5.63. The monoisotopic (exact) mass is 370 g/mol. The average molecular weight is 370 g/mol. The lowest BCUT2D eigenvalue weighted by molar-refractivity contribution is -0.136. The highest BCUT2D eigenvalue weighted by atomic mass is 16.2. The number of hydrogen-bond donors (Lipinski definition) is 3. The number of aromatic amines is 1. The molecule has 2 amide bonds. The second-order valence-corrected chi connectivity index (χ2v) is 7.52. The van der Waals surface area contributed by atoms with Crippen molar-refractivity contribution in [1.82, 2.24) is 15.3 Å². The van der Waals surface area contributed by atoms with Crippen LogP contribution in [0.4, 0.5) is 5.69 Å². The molecule has 0 bridgehead atoms. The number of nitrogens with one attached hydrogen (secondary N) is 3. The number of anilines is 1. The molecule has 0 spiro atoms. The van der Waals surface area contributed by atoms with Gasteiger partial charge in [0.1, 0.15) is 0 Å². The Morgan fingerprint density at radius 3 is 2.19 bits per heavy atom. The van der Waals surface area contributed by atoms with E-state index < -0.39 is 11.8 Å². The van der Waals surface area contributed by atoms with Crippen molar-refractivity contribution in [1.29, 1.82) is 0 Å². The van der Waals surface area contributed by atoms with Crippen molar-refractivity contribution in [2.24, 2.45) is 0 Å². The third-order valence-electron chi connectivity index (χ3n) is 5.32. The molecule has 3 N–H and O–H groups in total. The standard InChI is InChI=1S/C21H30N4O2/c26-20(21(27)25-17-12-13-18-19(14-17)23-15-22-18)24-16-10-8-6-4-2-1-3-5-7-9-11-16/h12-16H,1-11H2,(H,22,23)(H,24,26)(H,25,27). The Morgan fingerprint density at radius 2 is 1.52 bits per heavy atom. The molecule has 1 saturated carbocycles. The van der Waals surface area contributed by atoms with Crippen LogP contribution in [0.15, 0.2) is 24.5 Å². The summed E-state index contributed by atoms with van der Waals surface area (Å²) in [6.45, 7) is 0. The highest BCUT2D eigenvalue weighted by Gasteiger charge is 2.19. The quantitative estimate of drug-likeness (QED) is 0.689. The normalized spacial score (nSPS) is 17.6. The van der Waals surface area contributed by atoms with Crippen molar-refractivity contribution in [2.45, 2.75) is 76.7 Å². The van der Waals surface area contributed by atoms with Gasteiger partial charge in [-0.05, 0) is 31.0 Å². The van der Waals surface area contributed by atoms with Gasteiger partial charge in [-0.15, -0.1) is 0 Å². The maximum Gasteiger partial charge on any atom is 0.313 e. The van der Waals surface area contributed by atoms with Crippen LogP contribution in [0.2, 0.25) is 0 Å². The number of benzene rings is 1. The van der Waals surface area contributed by atoms with Gasteiger partial charge in [-0.2, -0.15) is 0 Å². The molecule has 1 fully saturated rings. The van der Waals surface area contributed by atoms with Gasteiger partial charge in [-0.3, -0.25) is 9.59 Å². The second kappa shape index (κ2) is 10.1. The van der Waals surface area contributed by atoms with E-state index in [1.54, 1.807) is 18.5 Å². The Morgan fingerprint density at radius 1 is 0.889 bits per heavy atom. The molecule has 0 unspecified atom stereocenters. The molecule has 3 rings (SSSR count). The summed E-state index contributed by atoms with van der Waals surface area (Å²) in [7, 11) is 0. The maximum atomic E-state index is 12.4. The molecular weight excluding hydrogens is 340 g/mol. The smallest absolute Gasteiger partial charge is 0.313 e. The summed E-state index contributed by atoms with van der Waals surface area (Å²) in [5.41, 5.74) is 2.24. The molecule has 6 heteroatoms. The third kappa shape index (κ3) is 6.08. The molecule has 1 aliphatic carbocycles. The minimum atomic E-state index is -0.611. The lowest BCUT2D eigenvalue weighted by Crippen LogP contribution is -2.41. The first-order chi connectivity index (χ1) is 13.2. The molecule has 1 heterocycles. The number of fused-ring (bicyclic) bond motifs is 1. The number of aromatic nitrogens is 2. The number of rotatable bonds is 2. The van der Waals surface area contributed by atoms with Gasteiger partial charge in [0.25, 0.3) is 0 Å². The van der Waals surface area contributed by atoms with Gasteiger partial charge in [-0.1, -0.05) is 57.8 Å². The Kier molecular flexibility index (Phi) is 7.25. The minimum absolute atomic E-state index is 0.0952. The number of imidazole rings is 1. The van der Waals surface area contributed by atoms with Crippen LogP contribution in [0.25, 0.3) is 11.0 Å². The van der Waals surface area contributed by atoms with Crippen molar-refractivity contribution >= 4 is 28.5 Å². The van der Waals surface area contributed by atoms with Crippen LogP contribution in [0.1, 0.15) is 70.6 Å². The molecule has 0 aliphatic heterocycles. The number of hydrogen-bond acceptors (Lipinski definition) is 3. The van der Waals surface area contributed by atoms with E-state index in [0.717, 1.165) is 36.7 Å². The van der Waals surface area contributed by atoms with E-state index in [1.807, 2.05) is 6.07 Å². The highest BCUT2D eigenvalue weighted by Crippen LogP contribution is 2.18. The summed E-state index contributed by atoms with van der Waals surface area (Å²) < 4.78 is 0. The zero-order valence-electron chi connectivity index (χ0n) is 15.9. The fourth-order valence-corrected chi connectivity index (χ4v) is 3.76. The fraction of sp³-hybridized carbons (Fsp3) is 0.571. The van der Waals surface area contributed by atoms with Gasteiger partial charge in [0.2, 0.25) is 0 Å². The lowest BCUT2D eigenvalue weighted by atomic mass is 9.98. The summed E-state index contributed by atoms with van der Waals surface area (Å²) in [6.07, 6.45) is 14.7. The highest BCUT2D eigenvalue weighted by molar-refractivity contribution is 6.39. The van der Waals surface area contributed by atoms with Gasteiger partial charge in [0.15, 0.2) is 0 Å². The topological polar surface area (TPSA) is 86.9 Å². The number of amides is 2. The van der Waals surface area contributed by atoms with Crippen LogP contribution in [0.3, 0.4) is 0 Å². The van der Waals surface area contributed by atoms with E-state index >= 15 is 0 Å². The molecule has 0 atom stereocenters. The van der Waals surface area contributed by atoms with E-state index in [0.29, 0.717) is 5.69 Å². The van der Waals surface area contributed by atoms with Crippen LogP contribution in [-0.2, 0) is 9.59 Å². The molecule has 146 valence electrons. The zero-order chi connectivity index (χ0) is 18.9. The summed E-state index contributed by atoms with van der Waals surface area (Å²) in [5.74, 6) is -1.16. The summed E-state index contributed by atoms with van der Waals surface area (Å²) in [6, 6.07) is 5.44. The Labute approximate surface area is 160 Å². The first-order valence-corrected chi connectivity index (χ1v) is 10.3. The van der Waals surface area contributed by atoms with Gasteiger partial charge in [-0.25, -0.2) is 4.98 Å². The Hall–Kier alpha value is -2.37. The van der Waals surface area contributed by atoms with E-state index in [-0.39, 0.29) is 6.04 Å². The van der Waals surface area contributed by atoms with E-state index in [1.165, 1.54) is 44.9 Å². The first kappa shape index (κ1) is 19.4. The van der Waals surface area contributed by atoms with Crippen LogP contribution in [0.5, 0.6) is 0 Å². The number of nitrogens with zero attached hydrogens (tertiary/aromatic N) is 1. The molecule has 6 nitrogen and oxygen atoms in total. The van der Waals surface area contributed by atoms with Crippen LogP contribution < -0.4 is 10.6 Å². The van der Waals surface area contributed by atoms with E-state index in [2.05, 4.69) is 20.6 Å². The Bertz CT molecular complexity index is 743. The third-order valence-corrected chi connectivity index (χ3v) is 5.32. The number of carbonyl (C=O) groups is 2. The molecule has 1 aromatic heterocycles. The van der Waals surface area contributed by atoms with Gasteiger partial charge < -0.3 is 15.6 Å². The summed E-state index contributed by atoms with van der Waals surface area (Å²) >= 11 is 0. The molecule has 2 aromatic rings. The van der Waals surface area contributed by atoms with Crippen LogP contribution >= 0.6 is 0 Å². The van der Waals surface area contributed by atoms with Gasteiger partial charge >= 0.3 is 11.8 Å². The Balaban J connectivity index is 1.52. The van der Waals surface area contributed by atoms with Crippen LogP contribution in [0, 0.1) is 0 Å². The van der Waals surface area contributed by atoms with E-state index in [4.69, 9.17) is 0 Å². The van der Waals surface area contributed by atoms with Crippen molar-refractivity contribution in [3.8, 4) is 0 Å². The predicted octanol–water partition coefficient (Wildman–Crippen LogP) is 4.29. The van der Waals surface area contributed by atoms with Crippen molar-refractivity contribution in [3.63, 3.8) is 0 Å². The van der Waals surface area contributed by atoms with Gasteiger partial charge in [0.05, 0.1) is 17.4 Å². The molecule has 0 saturated heterocycles. The summed E-state index contributed by atoms with van der Waals surface area (Å²) in [4.78, 5) is 31.8. The van der Waals surface area contributed by atoms with Crippen LogP contribution in [-0.4, -0.2) is 27.8 Å².